The van der Waals surface area contributed by atoms with Crippen LogP contribution in [0.4, 0.5) is 5.69 Å². The van der Waals surface area contributed by atoms with Crippen molar-refractivity contribution in [3.63, 3.8) is 0 Å². The highest BCUT2D eigenvalue weighted by Gasteiger charge is 2.07. The molecule has 2 rings (SSSR count). The smallest absolute Gasteiger partial charge is 0.149 e. The molecule has 0 bridgehead atoms. The van der Waals surface area contributed by atoms with Crippen LogP contribution in [-0.4, -0.2) is 17.0 Å². The molecule has 1 aromatic carbocycles. The fraction of sp³-hybridized carbons (Fsp3) is 0.333. The molecule has 0 aliphatic rings. The minimum Gasteiger partial charge on any atom is -0.367 e. The third-order valence-corrected chi connectivity index (χ3v) is 3.09. The highest BCUT2D eigenvalue weighted by Crippen LogP contribution is 2.19. The summed E-state index contributed by atoms with van der Waals surface area (Å²) < 4.78 is 0. The zero-order chi connectivity index (χ0) is 14.0. The molecule has 2 aromatic rings. The molecule has 0 unspecified atom stereocenters. The van der Waals surface area contributed by atoms with E-state index in [4.69, 9.17) is 11.6 Å². The Labute approximate surface area is 119 Å². The molecule has 0 amide bonds. The lowest BCUT2D eigenvalue weighted by atomic mass is 10.1. The summed E-state index contributed by atoms with van der Waals surface area (Å²) in [6.45, 7) is 6.77. The molecule has 0 aliphatic carbocycles. The molecule has 1 aromatic heterocycles. The first-order chi connectivity index (χ1) is 8.94. The fourth-order valence-electron chi connectivity index (χ4n) is 2.13. The maximum atomic E-state index is 5.96. The van der Waals surface area contributed by atoms with Gasteiger partial charge in [0, 0.05) is 18.4 Å². The Bertz CT molecular complexity index is 555. The van der Waals surface area contributed by atoms with E-state index >= 15 is 0 Å². The Kier molecular flexibility index (Phi) is 4.05. The van der Waals surface area contributed by atoms with Gasteiger partial charge in [0.2, 0.25) is 0 Å². The standard InChI is InChI=1S/C15H18ClN3/c1-10-5-11(2)7-13(6-10)19(4)9-15-17-12(3)8-14(16)18-15/h5-8H,9H2,1-4H3. The van der Waals surface area contributed by atoms with Gasteiger partial charge in [-0.05, 0) is 50.1 Å². The van der Waals surface area contributed by atoms with Gasteiger partial charge >= 0.3 is 0 Å². The predicted octanol–water partition coefficient (Wildman–Crippen LogP) is 3.69. The first-order valence-corrected chi connectivity index (χ1v) is 6.61. The molecule has 0 fully saturated rings. The van der Waals surface area contributed by atoms with Crippen molar-refractivity contribution in [2.24, 2.45) is 0 Å². The van der Waals surface area contributed by atoms with Gasteiger partial charge in [-0.15, -0.1) is 0 Å². The number of hydrogen-bond donors (Lipinski definition) is 0. The molecular weight excluding hydrogens is 258 g/mol. The van der Waals surface area contributed by atoms with Crippen LogP contribution in [0.25, 0.3) is 0 Å². The van der Waals surface area contributed by atoms with E-state index in [0.29, 0.717) is 11.7 Å². The minimum absolute atomic E-state index is 0.497. The second-order valence-electron chi connectivity index (χ2n) is 4.95. The average Bonchev–Trinajstić information content (AvgIpc) is 2.25. The second-order valence-corrected chi connectivity index (χ2v) is 5.34. The monoisotopic (exact) mass is 275 g/mol. The first kappa shape index (κ1) is 13.8. The third kappa shape index (κ3) is 3.67. The maximum Gasteiger partial charge on any atom is 0.149 e. The number of rotatable bonds is 3. The normalized spacial score (nSPS) is 10.6. The highest BCUT2D eigenvalue weighted by atomic mass is 35.5. The van der Waals surface area contributed by atoms with Crippen LogP contribution in [0.15, 0.2) is 24.3 Å². The molecule has 4 heteroatoms. The fourth-order valence-corrected chi connectivity index (χ4v) is 2.39. The van der Waals surface area contributed by atoms with Crippen LogP contribution in [0.1, 0.15) is 22.6 Å². The summed E-state index contributed by atoms with van der Waals surface area (Å²) in [5, 5.41) is 0.497. The zero-order valence-corrected chi connectivity index (χ0v) is 12.5. The Morgan fingerprint density at radius 2 is 1.63 bits per heavy atom. The number of nitrogens with zero attached hydrogens (tertiary/aromatic N) is 3. The van der Waals surface area contributed by atoms with E-state index in [1.165, 1.54) is 16.8 Å². The number of anilines is 1. The van der Waals surface area contributed by atoms with Gasteiger partial charge in [0.05, 0.1) is 6.54 Å². The van der Waals surface area contributed by atoms with Crippen molar-refractivity contribution in [2.45, 2.75) is 27.3 Å². The van der Waals surface area contributed by atoms with E-state index in [1.54, 1.807) is 6.07 Å². The molecule has 0 aliphatic heterocycles. The Morgan fingerprint density at radius 3 is 2.21 bits per heavy atom. The summed E-state index contributed by atoms with van der Waals surface area (Å²) in [6, 6.07) is 8.24. The van der Waals surface area contributed by atoms with Crippen LogP contribution in [0.2, 0.25) is 5.15 Å². The summed E-state index contributed by atoms with van der Waals surface area (Å²) in [6.07, 6.45) is 0. The van der Waals surface area contributed by atoms with Crippen LogP contribution in [0.3, 0.4) is 0 Å². The van der Waals surface area contributed by atoms with E-state index in [1.807, 2.05) is 14.0 Å². The molecular formula is C15H18ClN3. The van der Waals surface area contributed by atoms with Crippen LogP contribution in [0, 0.1) is 20.8 Å². The second kappa shape index (κ2) is 5.57. The molecule has 0 saturated heterocycles. The zero-order valence-electron chi connectivity index (χ0n) is 11.7. The SMILES string of the molecule is Cc1cc(C)cc(N(C)Cc2nc(C)cc(Cl)n2)c1. The van der Waals surface area contributed by atoms with Crippen LogP contribution < -0.4 is 4.90 Å². The number of aryl methyl sites for hydroxylation is 3. The van der Waals surface area contributed by atoms with Crippen molar-refractivity contribution in [1.29, 1.82) is 0 Å². The van der Waals surface area contributed by atoms with E-state index in [0.717, 1.165) is 11.5 Å². The molecule has 19 heavy (non-hydrogen) atoms. The highest BCUT2D eigenvalue weighted by molar-refractivity contribution is 6.29. The van der Waals surface area contributed by atoms with E-state index in [9.17, 15) is 0 Å². The van der Waals surface area contributed by atoms with Crippen molar-refractivity contribution < 1.29 is 0 Å². The molecule has 0 saturated carbocycles. The number of hydrogen-bond acceptors (Lipinski definition) is 3. The molecule has 1 heterocycles. The largest absolute Gasteiger partial charge is 0.367 e. The van der Waals surface area contributed by atoms with Gasteiger partial charge in [0.1, 0.15) is 11.0 Å². The summed E-state index contributed by atoms with van der Waals surface area (Å²) in [5.74, 6) is 0.742. The van der Waals surface area contributed by atoms with Gasteiger partial charge in [-0.2, -0.15) is 0 Å². The summed E-state index contributed by atoms with van der Waals surface area (Å²) in [5.41, 5.74) is 4.57. The van der Waals surface area contributed by atoms with E-state index in [-0.39, 0.29) is 0 Å². The van der Waals surface area contributed by atoms with Crippen molar-refractivity contribution in [2.75, 3.05) is 11.9 Å². The van der Waals surface area contributed by atoms with Gasteiger partial charge in [-0.25, -0.2) is 9.97 Å². The lowest BCUT2D eigenvalue weighted by molar-refractivity contribution is 0.827. The lowest BCUT2D eigenvalue weighted by Crippen LogP contribution is -2.18. The number of aromatic nitrogens is 2. The topological polar surface area (TPSA) is 29.0 Å². The Hall–Kier alpha value is -1.61. The van der Waals surface area contributed by atoms with Crippen LogP contribution in [-0.2, 0) is 6.54 Å². The molecule has 100 valence electrons. The van der Waals surface area contributed by atoms with Crippen LogP contribution in [0.5, 0.6) is 0 Å². The molecule has 0 atom stereocenters. The molecule has 3 nitrogen and oxygen atoms in total. The first-order valence-electron chi connectivity index (χ1n) is 6.23. The third-order valence-electron chi connectivity index (χ3n) is 2.90. The quantitative estimate of drug-likeness (QED) is 0.800. The minimum atomic E-state index is 0.497. The summed E-state index contributed by atoms with van der Waals surface area (Å²) >= 11 is 5.96. The van der Waals surface area contributed by atoms with Gasteiger partial charge < -0.3 is 4.90 Å². The number of halogens is 1. The lowest BCUT2D eigenvalue weighted by Gasteiger charge is -2.19. The molecule has 0 radical (unpaired) electrons. The van der Waals surface area contributed by atoms with Crippen LogP contribution >= 0.6 is 11.6 Å². The van der Waals surface area contributed by atoms with Crippen molar-refractivity contribution in [3.05, 3.63) is 52.1 Å². The molecule has 0 spiro atoms. The Balaban J connectivity index is 2.22. The average molecular weight is 276 g/mol. The van der Waals surface area contributed by atoms with E-state index < -0.39 is 0 Å². The van der Waals surface area contributed by atoms with Crippen molar-refractivity contribution in [3.8, 4) is 0 Å². The summed E-state index contributed by atoms with van der Waals surface area (Å²) in [7, 11) is 2.04. The summed E-state index contributed by atoms with van der Waals surface area (Å²) in [4.78, 5) is 10.8. The van der Waals surface area contributed by atoms with Crippen molar-refractivity contribution in [1.82, 2.24) is 9.97 Å². The van der Waals surface area contributed by atoms with E-state index in [2.05, 4.69) is 46.9 Å². The van der Waals surface area contributed by atoms with Crippen molar-refractivity contribution >= 4 is 17.3 Å². The molecule has 0 N–H and O–H groups in total. The predicted molar refractivity (Wildman–Crippen MR) is 79.8 cm³/mol. The number of benzene rings is 1. The van der Waals surface area contributed by atoms with Gasteiger partial charge in [0.25, 0.3) is 0 Å². The van der Waals surface area contributed by atoms with Gasteiger partial charge in [-0.1, -0.05) is 17.7 Å². The maximum absolute atomic E-state index is 5.96. The van der Waals surface area contributed by atoms with Gasteiger partial charge in [0.15, 0.2) is 0 Å². The van der Waals surface area contributed by atoms with Gasteiger partial charge in [-0.3, -0.25) is 0 Å². The Morgan fingerprint density at radius 1 is 1.00 bits per heavy atom.